The van der Waals surface area contributed by atoms with E-state index in [0.29, 0.717) is 6.54 Å². The van der Waals surface area contributed by atoms with Crippen LogP contribution in [-0.4, -0.2) is 24.9 Å². The Morgan fingerprint density at radius 3 is 2.56 bits per heavy atom. The van der Waals surface area contributed by atoms with Crippen molar-refractivity contribution in [3.8, 4) is 0 Å². The molecule has 2 aromatic rings. The van der Waals surface area contributed by atoms with E-state index < -0.39 is 0 Å². The third kappa shape index (κ3) is 4.00. The number of amides is 2. The summed E-state index contributed by atoms with van der Waals surface area (Å²) in [5.74, 6) is -0.462. The molecular formula is C19H22ClN3O2. The minimum atomic E-state index is -0.381. The van der Waals surface area contributed by atoms with Crippen molar-refractivity contribution >= 4 is 35.6 Å². The molecule has 2 amide bonds. The van der Waals surface area contributed by atoms with Crippen molar-refractivity contribution in [2.24, 2.45) is 5.73 Å². The number of hydrogen-bond acceptors (Lipinski definition) is 3. The van der Waals surface area contributed by atoms with E-state index in [2.05, 4.69) is 5.32 Å². The van der Waals surface area contributed by atoms with Crippen LogP contribution in [0, 0.1) is 0 Å². The summed E-state index contributed by atoms with van der Waals surface area (Å²) in [6.07, 6.45) is 0.803. The summed E-state index contributed by atoms with van der Waals surface area (Å²) in [4.78, 5) is 25.9. The largest absolute Gasteiger partial charge is 0.329 e. The molecule has 1 heterocycles. The molecule has 3 N–H and O–H groups in total. The van der Waals surface area contributed by atoms with Gasteiger partial charge in [-0.1, -0.05) is 30.3 Å². The second-order valence-electron chi connectivity index (χ2n) is 5.95. The standard InChI is InChI=1S/C19H21N3O2.ClH/c1-13(23)22-10-9-15-11-16(7-8-18(15)22)21-19(24)17(12-20)14-5-3-2-4-6-14;/h2-8,11,17H,9-10,12,20H2,1H3,(H,21,24);1H. The molecule has 0 saturated heterocycles. The van der Waals surface area contributed by atoms with Crippen molar-refractivity contribution in [1.29, 1.82) is 0 Å². The lowest BCUT2D eigenvalue weighted by atomic mass is 9.98. The summed E-state index contributed by atoms with van der Waals surface area (Å²) in [6, 6.07) is 15.2. The number of rotatable bonds is 4. The fourth-order valence-corrected chi connectivity index (χ4v) is 3.12. The molecule has 1 unspecified atom stereocenters. The SMILES string of the molecule is CC(=O)N1CCc2cc(NC(=O)C(CN)c3ccccc3)ccc21.Cl. The molecule has 6 heteroatoms. The minimum Gasteiger partial charge on any atom is -0.329 e. The highest BCUT2D eigenvalue weighted by atomic mass is 35.5. The van der Waals surface area contributed by atoms with E-state index >= 15 is 0 Å². The smallest absolute Gasteiger partial charge is 0.233 e. The van der Waals surface area contributed by atoms with Crippen LogP contribution in [0.5, 0.6) is 0 Å². The van der Waals surface area contributed by atoms with E-state index in [1.54, 1.807) is 11.8 Å². The lowest BCUT2D eigenvalue weighted by molar-refractivity contribution is -0.117. The van der Waals surface area contributed by atoms with Crippen LogP contribution in [0.2, 0.25) is 0 Å². The van der Waals surface area contributed by atoms with Crippen LogP contribution < -0.4 is 16.0 Å². The molecule has 5 nitrogen and oxygen atoms in total. The first-order chi connectivity index (χ1) is 11.6. The van der Waals surface area contributed by atoms with Gasteiger partial charge in [-0.05, 0) is 35.7 Å². The average Bonchev–Trinajstić information content (AvgIpc) is 3.00. The van der Waals surface area contributed by atoms with Gasteiger partial charge in [0.15, 0.2) is 0 Å². The van der Waals surface area contributed by atoms with Gasteiger partial charge in [0.1, 0.15) is 0 Å². The number of nitrogens with two attached hydrogens (primary N) is 1. The minimum absolute atomic E-state index is 0. The quantitative estimate of drug-likeness (QED) is 0.881. The second-order valence-corrected chi connectivity index (χ2v) is 5.95. The Bertz CT molecular complexity index is 765. The molecule has 3 rings (SSSR count). The van der Waals surface area contributed by atoms with Gasteiger partial charge in [0.2, 0.25) is 11.8 Å². The number of halogens is 1. The Morgan fingerprint density at radius 2 is 1.92 bits per heavy atom. The molecule has 1 atom stereocenters. The molecule has 0 fully saturated rings. The van der Waals surface area contributed by atoms with Gasteiger partial charge in [0.05, 0.1) is 5.92 Å². The van der Waals surface area contributed by atoms with Crippen molar-refractivity contribution in [3.05, 3.63) is 59.7 Å². The van der Waals surface area contributed by atoms with Gasteiger partial charge in [-0.3, -0.25) is 9.59 Å². The van der Waals surface area contributed by atoms with Gasteiger partial charge < -0.3 is 16.0 Å². The molecule has 0 saturated carbocycles. The summed E-state index contributed by atoms with van der Waals surface area (Å²) in [7, 11) is 0. The van der Waals surface area contributed by atoms with E-state index in [1.807, 2.05) is 48.5 Å². The third-order valence-electron chi connectivity index (χ3n) is 4.38. The van der Waals surface area contributed by atoms with Crippen LogP contribution >= 0.6 is 12.4 Å². The Balaban J connectivity index is 0.00000225. The highest BCUT2D eigenvalue weighted by Gasteiger charge is 2.23. The first-order valence-corrected chi connectivity index (χ1v) is 8.07. The number of fused-ring (bicyclic) bond motifs is 1. The second kappa shape index (κ2) is 8.14. The molecular weight excluding hydrogens is 338 g/mol. The summed E-state index contributed by atoms with van der Waals surface area (Å²) < 4.78 is 0. The number of nitrogens with zero attached hydrogens (tertiary/aromatic N) is 1. The molecule has 0 spiro atoms. The van der Waals surface area contributed by atoms with Crippen LogP contribution in [0.1, 0.15) is 24.0 Å². The molecule has 0 aromatic heterocycles. The number of anilines is 2. The van der Waals surface area contributed by atoms with Gasteiger partial charge in [-0.2, -0.15) is 0 Å². The third-order valence-corrected chi connectivity index (χ3v) is 4.38. The number of benzene rings is 2. The predicted octanol–water partition coefficient (Wildman–Crippen LogP) is 2.70. The summed E-state index contributed by atoms with van der Waals surface area (Å²) in [5, 5.41) is 2.94. The van der Waals surface area contributed by atoms with E-state index in [4.69, 9.17) is 5.73 Å². The zero-order valence-corrected chi connectivity index (χ0v) is 14.9. The van der Waals surface area contributed by atoms with Gasteiger partial charge in [0, 0.05) is 31.4 Å². The van der Waals surface area contributed by atoms with Crippen LogP contribution in [0.4, 0.5) is 11.4 Å². The number of hydrogen-bond donors (Lipinski definition) is 2. The fraction of sp³-hybridized carbons (Fsp3) is 0.263. The van der Waals surface area contributed by atoms with Crippen molar-refractivity contribution < 1.29 is 9.59 Å². The zero-order chi connectivity index (χ0) is 17.1. The predicted molar refractivity (Wildman–Crippen MR) is 102 cm³/mol. The Kier molecular flexibility index (Phi) is 6.17. The van der Waals surface area contributed by atoms with Gasteiger partial charge in [-0.15, -0.1) is 12.4 Å². The van der Waals surface area contributed by atoms with E-state index in [-0.39, 0.29) is 36.7 Å². The van der Waals surface area contributed by atoms with Gasteiger partial charge in [0.25, 0.3) is 0 Å². The Hall–Kier alpha value is -2.37. The van der Waals surface area contributed by atoms with Crippen LogP contribution in [0.25, 0.3) is 0 Å². The first-order valence-electron chi connectivity index (χ1n) is 8.07. The fourth-order valence-electron chi connectivity index (χ4n) is 3.12. The summed E-state index contributed by atoms with van der Waals surface area (Å²) >= 11 is 0. The zero-order valence-electron chi connectivity index (χ0n) is 14.1. The molecule has 1 aliphatic heterocycles. The number of carbonyl (C=O) groups excluding carboxylic acids is 2. The normalized spacial score (nSPS) is 13.6. The molecule has 0 radical (unpaired) electrons. The topological polar surface area (TPSA) is 75.4 Å². The van der Waals surface area contributed by atoms with Crippen LogP contribution in [0.15, 0.2) is 48.5 Å². The van der Waals surface area contributed by atoms with Crippen molar-refractivity contribution in [2.75, 3.05) is 23.3 Å². The maximum Gasteiger partial charge on any atom is 0.233 e. The summed E-state index contributed by atoms with van der Waals surface area (Å²) in [5.41, 5.74) is 9.44. The van der Waals surface area contributed by atoms with Crippen LogP contribution in [0.3, 0.4) is 0 Å². The molecule has 2 aromatic carbocycles. The van der Waals surface area contributed by atoms with E-state index in [0.717, 1.165) is 28.9 Å². The van der Waals surface area contributed by atoms with Crippen molar-refractivity contribution in [1.82, 2.24) is 0 Å². The average molecular weight is 360 g/mol. The van der Waals surface area contributed by atoms with Crippen LogP contribution in [-0.2, 0) is 16.0 Å². The molecule has 1 aliphatic rings. The lowest BCUT2D eigenvalue weighted by Crippen LogP contribution is -2.27. The molecule has 132 valence electrons. The van der Waals surface area contributed by atoms with E-state index in [1.165, 1.54) is 0 Å². The monoisotopic (exact) mass is 359 g/mol. The summed E-state index contributed by atoms with van der Waals surface area (Å²) in [6.45, 7) is 2.51. The van der Waals surface area contributed by atoms with Crippen molar-refractivity contribution in [3.63, 3.8) is 0 Å². The first kappa shape index (κ1) is 19.0. The van der Waals surface area contributed by atoms with Gasteiger partial charge >= 0.3 is 0 Å². The molecule has 25 heavy (non-hydrogen) atoms. The Morgan fingerprint density at radius 1 is 1.20 bits per heavy atom. The maximum atomic E-state index is 12.6. The lowest BCUT2D eigenvalue weighted by Gasteiger charge is -2.17. The van der Waals surface area contributed by atoms with Gasteiger partial charge in [-0.25, -0.2) is 0 Å². The number of carbonyl (C=O) groups is 2. The van der Waals surface area contributed by atoms with Crippen molar-refractivity contribution in [2.45, 2.75) is 19.3 Å². The Labute approximate surface area is 153 Å². The number of nitrogens with one attached hydrogen (secondary N) is 1. The molecule has 0 aliphatic carbocycles. The van der Waals surface area contributed by atoms with E-state index in [9.17, 15) is 9.59 Å². The molecule has 0 bridgehead atoms. The highest BCUT2D eigenvalue weighted by molar-refractivity contribution is 5.97. The maximum absolute atomic E-state index is 12.6. The highest BCUT2D eigenvalue weighted by Crippen LogP contribution is 2.30.